The molecule has 1 aromatic heterocycles. The second-order valence-corrected chi connectivity index (χ2v) is 4.23. The van der Waals surface area contributed by atoms with Crippen LogP contribution in [0.25, 0.3) is 5.69 Å². The minimum atomic E-state index is -0.254. The fourth-order valence-corrected chi connectivity index (χ4v) is 1.92. The van der Waals surface area contributed by atoms with Crippen molar-refractivity contribution in [3.05, 3.63) is 30.6 Å². The lowest BCUT2D eigenvalue weighted by Gasteiger charge is -2.15. The summed E-state index contributed by atoms with van der Waals surface area (Å²) in [7, 11) is 0. The van der Waals surface area contributed by atoms with Crippen LogP contribution in [0.2, 0.25) is 0 Å². The number of Topliss-reactive ketones (excluding diaryl/α,β-unsaturated/α-hetero) is 1. The van der Waals surface area contributed by atoms with Gasteiger partial charge >= 0.3 is 0 Å². The molecular weight excluding hydrogens is 260 g/mol. The molecule has 2 heterocycles. The van der Waals surface area contributed by atoms with Gasteiger partial charge in [-0.2, -0.15) is 14.8 Å². The Morgan fingerprint density at radius 3 is 2.60 bits per heavy atom. The maximum absolute atomic E-state index is 12.0. The van der Waals surface area contributed by atoms with Crippen molar-refractivity contribution in [3.63, 3.8) is 0 Å². The Bertz CT molecular complexity index is 706. The smallest absolute Gasteiger partial charge is 0.253 e. The summed E-state index contributed by atoms with van der Waals surface area (Å²) < 4.78 is 1.43. The molecule has 0 N–H and O–H groups in total. The molecule has 1 aliphatic rings. The maximum atomic E-state index is 12.0. The number of rotatable bonds is 3. The van der Waals surface area contributed by atoms with Crippen molar-refractivity contribution in [2.45, 2.75) is 13.3 Å². The van der Waals surface area contributed by atoms with E-state index in [2.05, 4.69) is 20.6 Å². The van der Waals surface area contributed by atoms with Crippen molar-refractivity contribution in [3.8, 4) is 5.69 Å². The predicted octanol–water partition coefficient (Wildman–Crippen LogP) is 0.344. The predicted molar refractivity (Wildman–Crippen MR) is 69.4 cm³/mol. The summed E-state index contributed by atoms with van der Waals surface area (Å²) in [4.78, 5) is 23.3. The van der Waals surface area contributed by atoms with E-state index in [1.54, 1.807) is 24.3 Å². The second-order valence-electron chi connectivity index (χ2n) is 4.23. The van der Waals surface area contributed by atoms with Gasteiger partial charge in [0.15, 0.2) is 5.78 Å². The lowest BCUT2D eigenvalue weighted by molar-refractivity contribution is -0.117. The van der Waals surface area contributed by atoms with Crippen molar-refractivity contribution < 1.29 is 9.59 Å². The number of amides is 1. The number of ketones is 1. The summed E-state index contributed by atoms with van der Waals surface area (Å²) in [6.45, 7) is 1.39. The summed E-state index contributed by atoms with van der Waals surface area (Å²) in [5.41, 5.74) is 1.39. The zero-order chi connectivity index (χ0) is 14.1. The van der Waals surface area contributed by atoms with Crippen molar-refractivity contribution in [2.24, 2.45) is 5.10 Å². The molecule has 2 aromatic rings. The first-order chi connectivity index (χ1) is 9.66. The van der Waals surface area contributed by atoms with Crippen LogP contribution in [-0.2, 0) is 9.59 Å². The van der Waals surface area contributed by atoms with Crippen LogP contribution in [0, 0.1) is 0 Å². The first kappa shape index (κ1) is 12.2. The molecule has 0 radical (unpaired) electrons. The van der Waals surface area contributed by atoms with E-state index in [0.29, 0.717) is 11.4 Å². The first-order valence-corrected chi connectivity index (χ1v) is 5.90. The average molecular weight is 270 g/mol. The highest BCUT2D eigenvalue weighted by atomic mass is 16.2. The Kier molecular flexibility index (Phi) is 2.82. The van der Waals surface area contributed by atoms with E-state index < -0.39 is 0 Å². The molecule has 8 nitrogen and oxygen atoms in total. The molecule has 0 spiro atoms. The quantitative estimate of drug-likeness (QED) is 0.801. The Morgan fingerprint density at radius 2 is 2.00 bits per heavy atom. The number of tetrazole rings is 1. The minimum absolute atomic E-state index is 0.0132. The van der Waals surface area contributed by atoms with E-state index in [4.69, 9.17) is 0 Å². The van der Waals surface area contributed by atoms with Crippen LogP contribution in [0.5, 0.6) is 0 Å². The highest BCUT2D eigenvalue weighted by Crippen LogP contribution is 2.27. The summed E-state index contributed by atoms with van der Waals surface area (Å²) in [6, 6.07) is 7.07. The number of benzene rings is 1. The topological polar surface area (TPSA) is 93.3 Å². The van der Waals surface area contributed by atoms with Crippen LogP contribution in [0.15, 0.2) is 35.7 Å². The third-order valence-corrected chi connectivity index (χ3v) is 2.89. The van der Waals surface area contributed by atoms with Crippen molar-refractivity contribution >= 4 is 23.1 Å². The molecule has 100 valence electrons. The van der Waals surface area contributed by atoms with E-state index in [1.807, 2.05) is 0 Å². The van der Waals surface area contributed by atoms with E-state index in [-0.39, 0.29) is 23.8 Å². The minimum Gasteiger partial charge on any atom is -0.293 e. The molecule has 20 heavy (non-hydrogen) atoms. The highest BCUT2D eigenvalue weighted by molar-refractivity contribution is 6.44. The Labute approximate surface area is 113 Å². The molecule has 0 saturated heterocycles. The van der Waals surface area contributed by atoms with Gasteiger partial charge in [0.05, 0.1) is 17.8 Å². The molecule has 1 aliphatic heterocycles. The number of carbonyl (C=O) groups excluding carboxylic acids is 2. The molecule has 3 rings (SSSR count). The number of aromatic nitrogens is 4. The van der Waals surface area contributed by atoms with Gasteiger partial charge < -0.3 is 0 Å². The maximum Gasteiger partial charge on any atom is 0.253 e. The number of hydrogen-bond donors (Lipinski definition) is 0. The molecular formula is C12H10N6O2. The number of hydrazone groups is 1. The molecule has 0 fully saturated rings. The Balaban J connectivity index is 2.08. The normalized spacial score (nSPS) is 14.6. The number of hydrogen-bond acceptors (Lipinski definition) is 6. The third kappa shape index (κ3) is 1.96. The fraction of sp³-hybridized carbons (Fsp3) is 0.167. The van der Waals surface area contributed by atoms with Gasteiger partial charge in [0.25, 0.3) is 5.91 Å². The van der Waals surface area contributed by atoms with Crippen molar-refractivity contribution in [2.75, 3.05) is 5.01 Å². The SMILES string of the molecule is CC(=O)C1=NN(c2ccccc2-n2cnnn2)C(=O)C1. The Hall–Kier alpha value is -2.90. The summed E-state index contributed by atoms with van der Waals surface area (Å²) in [6.07, 6.45) is 1.44. The number of carbonyl (C=O) groups is 2. The molecule has 8 heteroatoms. The Morgan fingerprint density at radius 1 is 1.25 bits per heavy atom. The van der Waals surface area contributed by atoms with Gasteiger partial charge in [0.2, 0.25) is 0 Å². The molecule has 0 atom stereocenters. The van der Waals surface area contributed by atoms with Crippen molar-refractivity contribution in [1.82, 2.24) is 20.2 Å². The van der Waals surface area contributed by atoms with Gasteiger partial charge in [-0.3, -0.25) is 9.59 Å². The van der Waals surface area contributed by atoms with Gasteiger partial charge in [-0.1, -0.05) is 12.1 Å². The number of para-hydroxylation sites is 2. The van der Waals surface area contributed by atoms with Gasteiger partial charge in [-0.25, -0.2) is 0 Å². The summed E-state index contributed by atoms with van der Waals surface area (Å²) >= 11 is 0. The third-order valence-electron chi connectivity index (χ3n) is 2.89. The average Bonchev–Trinajstić information content (AvgIpc) is 3.08. The van der Waals surface area contributed by atoms with E-state index in [9.17, 15) is 9.59 Å². The van der Waals surface area contributed by atoms with Gasteiger partial charge in [-0.15, -0.1) is 5.10 Å². The highest BCUT2D eigenvalue weighted by Gasteiger charge is 2.29. The molecule has 0 bridgehead atoms. The van der Waals surface area contributed by atoms with E-state index in [1.165, 1.54) is 22.9 Å². The molecule has 0 aliphatic carbocycles. The zero-order valence-electron chi connectivity index (χ0n) is 10.6. The van der Waals surface area contributed by atoms with Gasteiger partial charge in [-0.05, 0) is 22.6 Å². The standard InChI is InChI=1S/C12H10N6O2/c1-8(19)9-6-12(20)18(14-9)11-5-3-2-4-10(11)17-7-13-15-16-17/h2-5,7H,6H2,1H3. The fourth-order valence-electron chi connectivity index (χ4n) is 1.92. The van der Waals surface area contributed by atoms with Crippen LogP contribution in [0.4, 0.5) is 5.69 Å². The van der Waals surface area contributed by atoms with Gasteiger partial charge in [0.1, 0.15) is 12.0 Å². The van der Waals surface area contributed by atoms with E-state index in [0.717, 1.165) is 0 Å². The van der Waals surface area contributed by atoms with Crippen LogP contribution >= 0.6 is 0 Å². The summed E-state index contributed by atoms with van der Waals surface area (Å²) in [5.74, 6) is -0.462. The van der Waals surface area contributed by atoms with Crippen LogP contribution in [-0.4, -0.2) is 37.6 Å². The van der Waals surface area contributed by atoms with Crippen molar-refractivity contribution in [1.29, 1.82) is 0 Å². The van der Waals surface area contributed by atoms with Crippen LogP contribution in [0.1, 0.15) is 13.3 Å². The lowest BCUT2D eigenvalue weighted by atomic mass is 10.2. The van der Waals surface area contributed by atoms with Crippen LogP contribution < -0.4 is 5.01 Å². The monoisotopic (exact) mass is 270 g/mol. The van der Waals surface area contributed by atoms with E-state index >= 15 is 0 Å². The second kappa shape index (κ2) is 4.65. The molecule has 1 aromatic carbocycles. The molecule has 1 amide bonds. The van der Waals surface area contributed by atoms with Gasteiger partial charge in [0, 0.05) is 6.92 Å². The van der Waals surface area contributed by atoms with Crippen LogP contribution in [0.3, 0.4) is 0 Å². The lowest BCUT2D eigenvalue weighted by Crippen LogP contribution is -2.21. The number of anilines is 1. The summed E-state index contributed by atoms with van der Waals surface area (Å²) in [5, 5.41) is 16.2. The zero-order valence-corrected chi connectivity index (χ0v) is 10.6. The largest absolute Gasteiger partial charge is 0.293 e. The molecule has 0 saturated carbocycles. The molecule has 0 unspecified atom stereocenters. The number of nitrogens with zero attached hydrogens (tertiary/aromatic N) is 6. The first-order valence-electron chi connectivity index (χ1n) is 5.90.